The minimum Gasteiger partial charge on any atom is -0.465 e. The number of nitrogens with one attached hydrogen (secondary N) is 1. The number of likely N-dealkylation sites (N-methyl/N-ethyl adjacent to an activating group) is 1. The summed E-state index contributed by atoms with van der Waals surface area (Å²) in [7, 11) is 3.34. The molecule has 0 aromatic carbocycles. The molecule has 1 unspecified atom stereocenters. The Morgan fingerprint density at radius 1 is 1.60 bits per heavy atom. The monoisotopic (exact) mass is 279 g/mol. The first-order valence-corrected chi connectivity index (χ1v) is 6.71. The molecule has 6 heteroatoms. The van der Waals surface area contributed by atoms with Crippen LogP contribution in [-0.2, 0) is 9.47 Å². The second-order valence-corrected chi connectivity index (χ2v) is 4.87. The predicted molar refractivity (Wildman–Crippen MR) is 76.2 cm³/mol. The Labute approximate surface area is 119 Å². The molecular formula is C14H21N3O3. The van der Waals surface area contributed by atoms with Crippen LogP contribution >= 0.6 is 0 Å². The number of aromatic nitrogens is 1. The summed E-state index contributed by atoms with van der Waals surface area (Å²) < 4.78 is 10.4. The number of morpholine rings is 1. The Morgan fingerprint density at radius 3 is 3.00 bits per heavy atom. The molecule has 0 amide bonds. The van der Waals surface area contributed by atoms with Gasteiger partial charge in [0, 0.05) is 26.7 Å². The van der Waals surface area contributed by atoms with Crippen molar-refractivity contribution in [3.05, 3.63) is 23.4 Å². The number of hydrogen-bond acceptors (Lipinski definition) is 6. The molecule has 20 heavy (non-hydrogen) atoms. The van der Waals surface area contributed by atoms with Crippen molar-refractivity contribution in [1.82, 2.24) is 10.3 Å². The Balaban J connectivity index is 2.04. The zero-order valence-corrected chi connectivity index (χ0v) is 12.2. The molecular weight excluding hydrogens is 258 g/mol. The lowest BCUT2D eigenvalue weighted by molar-refractivity contribution is 0.0339. The molecule has 2 rings (SSSR count). The number of carbonyl (C=O) groups is 1. The number of anilines is 1. The first-order valence-electron chi connectivity index (χ1n) is 6.71. The molecule has 1 saturated heterocycles. The number of ether oxygens (including phenoxy) is 2. The van der Waals surface area contributed by atoms with Crippen LogP contribution < -0.4 is 10.2 Å². The zero-order valence-electron chi connectivity index (χ0n) is 12.2. The lowest BCUT2D eigenvalue weighted by Crippen LogP contribution is -2.44. The fourth-order valence-corrected chi connectivity index (χ4v) is 2.22. The summed E-state index contributed by atoms with van der Waals surface area (Å²) in [6.07, 6.45) is 0.163. The van der Waals surface area contributed by atoms with Crippen molar-refractivity contribution in [2.45, 2.75) is 13.0 Å². The maximum Gasteiger partial charge on any atom is 0.339 e. The second-order valence-electron chi connectivity index (χ2n) is 4.87. The van der Waals surface area contributed by atoms with Crippen LogP contribution in [0.1, 0.15) is 16.1 Å². The van der Waals surface area contributed by atoms with E-state index >= 15 is 0 Å². The van der Waals surface area contributed by atoms with Gasteiger partial charge in [-0.15, -0.1) is 0 Å². The topological polar surface area (TPSA) is 63.7 Å². The standard InChI is InChI=1S/C14H21N3O3/c1-10-12(14(18)19-3)4-5-13(16-10)17(2)9-11-8-15-6-7-20-11/h4-5,11,15H,6-9H2,1-3H3. The van der Waals surface area contributed by atoms with Crippen molar-refractivity contribution < 1.29 is 14.3 Å². The number of nitrogens with zero attached hydrogens (tertiary/aromatic N) is 2. The average Bonchev–Trinajstić information content (AvgIpc) is 2.47. The summed E-state index contributed by atoms with van der Waals surface area (Å²) in [5, 5.41) is 3.30. The van der Waals surface area contributed by atoms with Crippen LogP contribution in [0.4, 0.5) is 5.82 Å². The van der Waals surface area contributed by atoms with Crippen molar-refractivity contribution in [3.63, 3.8) is 0 Å². The highest BCUT2D eigenvalue weighted by atomic mass is 16.5. The second kappa shape index (κ2) is 6.67. The Morgan fingerprint density at radius 2 is 2.40 bits per heavy atom. The third-order valence-electron chi connectivity index (χ3n) is 3.35. The molecule has 0 aliphatic carbocycles. The Kier molecular flexibility index (Phi) is 4.92. The molecule has 1 atom stereocenters. The van der Waals surface area contributed by atoms with E-state index in [1.165, 1.54) is 7.11 Å². The van der Waals surface area contributed by atoms with Gasteiger partial charge in [0.2, 0.25) is 0 Å². The molecule has 1 aliphatic heterocycles. The van der Waals surface area contributed by atoms with Gasteiger partial charge in [-0.25, -0.2) is 9.78 Å². The van der Waals surface area contributed by atoms with Gasteiger partial charge in [0.1, 0.15) is 5.82 Å². The van der Waals surface area contributed by atoms with E-state index in [1.54, 1.807) is 6.07 Å². The lowest BCUT2D eigenvalue weighted by Gasteiger charge is -2.28. The van der Waals surface area contributed by atoms with Gasteiger partial charge in [-0.2, -0.15) is 0 Å². The van der Waals surface area contributed by atoms with Gasteiger partial charge in [-0.1, -0.05) is 0 Å². The van der Waals surface area contributed by atoms with Gasteiger partial charge in [0.15, 0.2) is 0 Å². The van der Waals surface area contributed by atoms with Crippen LogP contribution in [0, 0.1) is 6.92 Å². The van der Waals surface area contributed by atoms with Gasteiger partial charge < -0.3 is 19.7 Å². The summed E-state index contributed by atoms with van der Waals surface area (Å²) in [5.41, 5.74) is 1.17. The minimum atomic E-state index is -0.357. The molecule has 0 saturated carbocycles. The van der Waals surface area contributed by atoms with E-state index in [2.05, 4.69) is 10.3 Å². The quantitative estimate of drug-likeness (QED) is 0.814. The minimum absolute atomic E-state index is 0.163. The number of hydrogen-bond donors (Lipinski definition) is 1. The van der Waals surface area contributed by atoms with Gasteiger partial charge >= 0.3 is 5.97 Å². The Hall–Kier alpha value is -1.66. The normalized spacial score (nSPS) is 18.6. The number of pyridine rings is 1. The zero-order chi connectivity index (χ0) is 14.5. The van der Waals surface area contributed by atoms with Gasteiger partial charge in [-0.3, -0.25) is 0 Å². The van der Waals surface area contributed by atoms with Crippen LogP contribution in [0.2, 0.25) is 0 Å². The molecule has 110 valence electrons. The largest absolute Gasteiger partial charge is 0.465 e. The predicted octanol–water partition coefficient (Wildman–Crippen LogP) is 0.601. The number of rotatable bonds is 4. The molecule has 1 aromatic rings. The van der Waals surface area contributed by atoms with Crippen LogP contribution in [0.25, 0.3) is 0 Å². The van der Waals surface area contributed by atoms with E-state index in [0.717, 1.165) is 32.1 Å². The lowest BCUT2D eigenvalue weighted by atomic mass is 10.2. The first kappa shape index (κ1) is 14.7. The smallest absolute Gasteiger partial charge is 0.339 e. The third-order valence-corrected chi connectivity index (χ3v) is 3.35. The Bertz CT molecular complexity index is 473. The fourth-order valence-electron chi connectivity index (χ4n) is 2.22. The molecule has 1 aliphatic rings. The maximum atomic E-state index is 11.5. The highest BCUT2D eigenvalue weighted by Gasteiger charge is 2.17. The molecule has 1 aromatic heterocycles. The SMILES string of the molecule is COC(=O)c1ccc(N(C)CC2CNCCO2)nc1C. The van der Waals surface area contributed by atoms with Crippen LogP contribution in [0.3, 0.4) is 0 Å². The highest BCUT2D eigenvalue weighted by Crippen LogP contribution is 2.15. The fraction of sp³-hybridized carbons (Fsp3) is 0.571. The molecule has 2 heterocycles. The highest BCUT2D eigenvalue weighted by molar-refractivity contribution is 5.90. The summed E-state index contributed by atoms with van der Waals surface area (Å²) >= 11 is 0. The van der Waals surface area contributed by atoms with Crippen molar-refractivity contribution in [3.8, 4) is 0 Å². The number of carbonyl (C=O) groups excluding carboxylic acids is 1. The van der Waals surface area contributed by atoms with Gasteiger partial charge in [0.25, 0.3) is 0 Å². The number of esters is 1. The van der Waals surface area contributed by atoms with Crippen molar-refractivity contribution in [1.29, 1.82) is 0 Å². The van der Waals surface area contributed by atoms with E-state index in [0.29, 0.717) is 11.3 Å². The van der Waals surface area contributed by atoms with Gasteiger partial charge in [-0.05, 0) is 19.1 Å². The summed E-state index contributed by atoms with van der Waals surface area (Å²) in [4.78, 5) is 18.0. The molecule has 1 fully saturated rings. The average molecular weight is 279 g/mol. The maximum absolute atomic E-state index is 11.5. The van der Waals surface area contributed by atoms with Crippen LogP contribution in [0.15, 0.2) is 12.1 Å². The summed E-state index contributed by atoms with van der Waals surface area (Å²) in [5.74, 6) is 0.466. The first-order chi connectivity index (χ1) is 9.61. The number of aryl methyl sites for hydroxylation is 1. The van der Waals surface area contributed by atoms with Crippen molar-refractivity contribution in [2.75, 3.05) is 45.3 Å². The molecule has 0 radical (unpaired) electrons. The summed E-state index contributed by atoms with van der Waals surface area (Å²) in [6.45, 7) is 5.07. The summed E-state index contributed by atoms with van der Waals surface area (Å²) in [6, 6.07) is 3.58. The van der Waals surface area contributed by atoms with E-state index in [-0.39, 0.29) is 12.1 Å². The molecule has 1 N–H and O–H groups in total. The van der Waals surface area contributed by atoms with Crippen molar-refractivity contribution in [2.24, 2.45) is 0 Å². The van der Waals surface area contributed by atoms with E-state index in [4.69, 9.17) is 9.47 Å². The van der Waals surface area contributed by atoms with E-state index in [1.807, 2.05) is 24.9 Å². The van der Waals surface area contributed by atoms with E-state index in [9.17, 15) is 4.79 Å². The van der Waals surface area contributed by atoms with Gasteiger partial charge in [0.05, 0.1) is 31.1 Å². The van der Waals surface area contributed by atoms with Crippen LogP contribution in [0.5, 0.6) is 0 Å². The third kappa shape index (κ3) is 3.46. The number of methoxy groups -OCH3 is 1. The molecule has 0 bridgehead atoms. The molecule has 0 spiro atoms. The van der Waals surface area contributed by atoms with Crippen molar-refractivity contribution >= 4 is 11.8 Å². The molecule has 6 nitrogen and oxygen atoms in total. The van der Waals surface area contributed by atoms with Crippen LogP contribution in [-0.4, -0.2) is 57.5 Å². The van der Waals surface area contributed by atoms with E-state index < -0.39 is 0 Å².